The highest BCUT2D eigenvalue weighted by Crippen LogP contribution is 2.15. The number of hydrogen-bond acceptors (Lipinski definition) is 5. The average Bonchev–Trinajstić information content (AvgIpc) is 3.20. The first kappa shape index (κ1) is 21.2. The molecular formula is C21H32N2O4. The zero-order valence-electron chi connectivity index (χ0n) is 16.6. The van der Waals surface area contributed by atoms with Crippen LogP contribution in [-0.2, 0) is 9.53 Å². The van der Waals surface area contributed by atoms with Crippen LogP contribution in [0.3, 0.4) is 0 Å². The van der Waals surface area contributed by atoms with Gasteiger partial charge in [0.15, 0.2) is 0 Å². The molecule has 0 unspecified atom stereocenters. The van der Waals surface area contributed by atoms with Gasteiger partial charge in [-0.15, -0.1) is 0 Å². The summed E-state index contributed by atoms with van der Waals surface area (Å²) in [4.78, 5) is 28.9. The van der Waals surface area contributed by atoms with Crippen LogP contribution < -0.4 is 4.74 Å². The van der Waals surface area contributed by atoms with E-state index in [0.29, 0.717) is 31.0 Å². The van der Waals surface area contributed by atoms with Crippen molar-refractivity contribution in [2.75, 3.05) is 46.4 Å². The van der Waals surface area contributed by atoms with E-state index in [0.717, 1.165) is 19.4 Å². The molecule has 0 atom stereocenters. The molecule has 0 spiro atoms. The Morgan fingerprint density at radius 2 is 1.93 bits per heavy atom. The third-order valence-electron chi connectivity index (χ3n) is 4.85. The lowest BCUT2D eigenvalue weighted by Gasteiger charge is -2.23. The molecular weight excluding hydrogens is 344 g/mol. The first-order valence-electron chi connectivity index (χ1n) is 9.95. The van der Waals surface area contributed by atoms with Crippen molar-refractivity contribution in [2.45, 2.75) is 39.0 Å². The van der Waals surface area contributed by atoms with Gasteiger partial charge in [0.25, 0.3) is 5.91 Å². The van der Waals surface area contributed by atoms with Crippen LogP contribution in [-0.4, -0.2) is 68.1 Å². The Balaban J connectivity index is 1.92. The van der Waals surface area contributed by atoms with Crippen molar-refractivity contribution >= 4 is 11.9 Å². The molecule has 1 fully saturated rings. The number of nitrogens with zero attached hydrogens (tertiary/aromatic N) is 2. The van der Waals surface area contributed by atoms with Crippen molar-refractivity contribution in [3.05, 3.63) is 29.8 Å². The molecule has 1 saturated heterocycles. The van der Waals surface area contributed by atoms with Crippen molar-refractivity contribution < 1.29 is 19.1 Å². The number of amides is 1. The minimum absolute atomic E-state index is 0.0700. The maximum Gasteiger partial charge on any atom is 0.307 e. The van der Waals surface area contributed by atoms with Crippen LogP contribution in [0.25, 0.3) is 0 Å². The summed E-state index contributed by atoms with van der Waals surface area (Å²) in [5.74, 6) is 0.317. The Hall–Kier alpha value is -2.08. The number of esters is 1. The Kier molecular flexibility index (Phi) is 9.11. The lowest BCUT2D eigenvalue weighted by Crippen LogP contribution is -2.34. The van der Waals surface area contributed by atoms with Crippen LogP contribution in [0.1, 0.15) is 49.4 Å². The molecule has 150 valence electrons. The summed E-state index contributed by atoms with van der Waals surface area (Å²) in [5.41, 5.74) is 0.581. The molecule has 0 saturated carbocycles. The lowest BCUT2D eigenvalue weighted by atomic mass is 10.1. The van der Waals surface area contributed by atoms with Gasteiger partial charge in [-0.25, -0.2) is 0 Å². The summed E-state index contributed by atoms with van der Waals surface area (Å²) in [6.45, 7) is 6.62. The van der Waals surface area contributed by atoms with Gasteiger partial charge in [0, 0.05) is 18.7 Å². The lowest BCUT2D eigenvalue weighted by molar-refractivity contribution is -0.143. The molecule has 6 nitrogen and oxygen atoms in total. The molecule has 1 aromatic rings. The van der Waals surface area contributed by atoms with Gasteiger partial charge in [-0.1, -0.05) is 6.07 Å². The predicted octanol–water partition coefficient (Wildman–Crippen LogP) is 2.97. The van der Waals surface area contributed by atoms with Gasteiger partial charge < -0.3 is 19.3 Å². The number of carbonyl (C=O) groups is 2. The van der Waals surface area contributed by atoms with Crippen LogP contribution in [0.4, 0.5) is 0 Å². The second kappa shape index (κ2) is 11.6. The fourth-order valence-electron chi connectivity index (χ4n) is 3.36. The molecule has 1 aromatic carbocycles. The molecule has 1 aliphatic rings. The SMILES string of the molecule is CCOC(=O)CCN(CCCCN1CCCC1)C(=O)c1cccc(OC)c1. The summed E-state index contributed by atoms with van der Waals surface area (Å²) in [5, 5.41) is 0. The highest BCUT2D eigenvalue weighted by Gasteiger charge is 2.18. The molecule has 27 heavy (non-hydrogen) atoms. The first-order chi connectivity index (χ1) is 13.1. The Morgan fingerprint density at radius 3 is 2.63 bits per heavy atom. The van der Waals surface area contributed by atoms with E-state index in [-0.39, 0.29) is 18.3 Å². The predicted molar refractivity (Wildman–Crippen MR) is 105 cm³/mol. The minimum Gasteiger partial charge on any atom is -0.497 e. The van der Waals surface area contributed by atoms with Crippen molar-refractivity contribution in [1.29, 1.82) is 0 Å². The van der Waals surface area contributed by atoms with Crippen LogP contribution in [0.2, 0.25) is 0 Å². The zero-order valence-corrected chi connectivity index (χ0v) is 16.6. The summed E-state index contributed by atoms with van der Waals surface area (Å²) in [7, 11) is 1.58. The van der Waals surface area contributed by atoms with Crippen molar-refractivity contribution in [3.63, 3.8) is 0 Å². The third kappa shape index (κ3) is 7.21. The third-order valence-corrected chi connectivity index (χ3v) is 4.85. The van der Waals surface area contributed by atoms with Crippen LogP contribution >= 0.6 is 0 Å². The fourth-order valence-corrected chi connectivity index (χ4v) is 3.36. The van der Waals surface area contributed by atoms with Crippen molar-refractivity contribution in [2.24, 2.45) is 0 Å². The number of benzene rings is 1. The molecule has 0 aromatic heterocycles. The molecule has 1 amide bonds. The number of methoxy groups -OCH3 is 1. The number of rotatable bonds is 11. The van der Waals surface area contributed by atoms with Gasteiger partial charge in [0.05, 0.1) is 20.1 Å². The van der Waals surface area contributed by atoms with Crippen LogP contribution in [0, 0.1) is 0 Å². The van der Waals surface area contributed by atoms with Crippen LogP contribution in [0.5, 0.6) is 5.75 Å². The smallest absolute Gasteiger partial charge is 0.307 e. The Labute approximate surface area is 162 Å². The maximum absolute atomic E-state index is 12.9. The monoisotopic (exact) mass is 376 g/mol. The highest BCUT2D eigenvalue weighted by molar-refractivity contribution is 5.94. The highest BCUT2D eigenvalue weighted by atomic mass is 16.5. The second-order valence-electron chi connectivity index (χ2n) is 6.84. The van der Waals surface area contributed by atoms with Gasteiger partial charge in [0.1, 0.15) is 5.75 Å². The Bertz CT molecular complexity index is 600. The van der Waals surface area contributed by atoms with E-state index >= 15 is 0 Å². The average molecular weight is 376 g/mol. The van der Waals surface area contributed by atoms with E-state index in [1.54, 1.807) is 31.1 Å². The summed E-state index contributed by atoms with van der Waals surface area (Å²) in [6, 6.07) is 7.15. The molecule has 0 radical (unpaired) electrons. The van der Waals surface area contributed by atoms with E-state index in [4.69, 9.17) is 9.47 Å². The summed E-state index contributed by atoms with van der Waals surface area (Å²) in [6.07, 6.45) is 4.78. The molecule has 1 aliphatic heterocycles. The van der Waals surface area contributed by atoms with E-state index in [1.165, 1.54) is 25.9 Å². The molecule has 0 aliphatic carbocycles. The van der Waals surface area contributed by atoms with Gasteiger partial charge in [-0.2, -0.15) is 0 Å². The summed E-state index contributed by atoms with van der Waals surface area (Å²) < 4.78 is 10.2. The minimum atomic E-state index is -0.266. The van der Waals surface area contributed by atoms with Gasteiger partial charge in [-0.3, -0.25) is 9.59 Å². The molecule has 0 bridgehead atoms. The van der Waals surface area contributed by atoms with Gasteiger partial charge in [0.2, 0.25) is 0 Å². The van der Waals surface area contributed by atoms with E-state index in [1.807, 2.05) is 12.1 Å². The topological polar surface area (TPSA) is 59.1 Å². The van der Waals surface area contributed by atoms with Crippen molar-refractivity contribution in [3.8, 4) is 5.75 Å². The maximum atomic E-state index is 12.9. The van der Waals surface area contributed by atoms with E-state index in [9.17, 15) is 9.59 Å². The van der Waals surface area contributed by atoms with Crippen molar-refractivity contribution in [1.82, 2.24) is 9.80 Å². The number of carbonyl (C=O) groups excluding carboxylic acids is 2. The largest absolute Gasteiger partial charge is 0.497 e. The fraction of sp³-hybridized carbons (Fsp3) is 0.619. The van der Waals surface area contributed by atoms with Gasteiger partial charge in [-0.05, 0) is 70.4 Å². The van der Waals surface area contributed by atoms with E-state index in [2.05, 4.69) is 4.90 Å². The van der Waals surface area contributed by atoms with Crippen LogP contribution in [0.15, 0.2) is 24.3 Å². The second-order valence-corrected chi connectivity index (χ2v) is 6.84. The molecule has 6 heteroatoms. The zero-order chi connectivity index (χ0) is 19.5. The molecule has 0 N–H and O–H groups in total. The quantitative estimate of drug-likeness (QED) is 0.439. The number of hydrogen-bond donors (Lipinski definition) is 0. The first-order valence-corrected chi connectivity index (χ1v) is 9.95. The summed E-state index contributed by atoms with van der Waals surface area (Å²) >= 11 is 0. The van der Waals surface area contributed by atoms with E-state index < -0.39 is 0 Å². The number of likely N-dealkylation sites (tertiary alicyclic amines) is 1. The standard InChI is InChI=1S/C21H32N2O4/c1-3-27-20(24)11-16-23(15-7-6-14-22-12-4-5-13-22)21(25)18-9-8-10-19(17-18)26-2/h8-10,17H,3-7,11-16H2,1-2H3. The number of unbranched alkanes of at least 4 members (excludes halogenated alkanes) is 1. The normalized spacial score (nSPS) is 14.1. The molecule has 1 heterocycles. The molecule has 2 rings (SSSR count). The van der Waals surface area contributed by atoms with Gasteiger partial charge >= 0.3 is 5.97 Å². The Morgan fingerprint density at radius 1 is 1.15 bits per heavy atom. The number of ether oxygens (including phenoxy) is 2.